The van der Waals surface area contributed by atoms with Crippen molar-refractivity contribution in [2.75, 3.05) is 6.54 Å². The van der Waals surface area contributed by atoms with Crippen LogP contribution in [-0.4, -0.2) is 28.6 Å². The van der Waals surface area contributed by atoms with E-state index in [0.29, 0.717) is 6.42 Å². The van der Waals surface area contributed by atoms with Crippen molar-refractivity contribution in [3.63, 3.8) is 0 Å². The van der Waals surface area contributed by atoms with Gasteiger partial charge in [-0.15, -0.1) is 0 Å². The zero-order valence-corrected chi connectivity index (χ0v) is 10.7. The number of carbonyl (C=O) groups is 1. The Morgan fingerprint density at radius 1 is 1.30 bits per heavy atom. The summed E-state index contributed by atoms with van der Waals surface area (Å²) >= 11 is 0. The van der Waals surface area contributed by atoms with E-state index in [0.717, 1.165) is 5.56 Å². The number of furan rings is 1. The van der Waals surface area contributed by atoms with E-state index in [1.807, 2.05) is 0 Å². The Hall–Kier alpha value is -2.14. The SMILES string of the molecule is O=C(c1ccco1)N1C[C@H](O)C[C@@H]1c1ccc(F)cc1. The van der Waals surface area contributed by atoms with Crippen molar-refractivity contribution in [1.82, 2.24) is 4.90 Å². The number of nitrogens with zero attached hydrogens (tertiary/aromatic N) is 1. The van der Waals surface area contributed by atoms with Crippen molar-refractivity contribution < 1.29 is 18.7 Å². The number of hydrogen-bond donors (Lipinski definition) is 1. The maximum atomic E-state index is 13.0. The Kier molecular flexibility index (Phi) is 3.28. The van der Waals surface area contributed by atoms with Gasteiger partial charge in [0.05, 0.1) is 18.4 Å². The predicted molar refractivity (Wildman–Crippen MR) is 69.5 cm³/mol. The molecule has 4 nitrogen and oxygen atoms in total. The highest BCUT2D eigenvalue weighted by atomic mass is 19.1. The first-order valence-electron chi connectivity index (χ1n) is 6.43. The Labute approximate surface area is 115 Å². The molecule has 0 radical (unpaired) electrons. The maximum Gasteiger partial charge on any atom is 0.290 e. The Morgan fingerprint density at radius 3 is 2.70 bits per heavy atom. The molecule has 0 unspecified atom stereocenters. The Bertz CT molecular complexity index is 594. The summed E-state index contributed by atoms with van der Waals surface area (Å²) in [5.74, 6) is -0.344. The molecule has 1 saturated heterocycles. The van der Waals surface area contributed by atoms with Crippen LogP contribution in [0.3, 0.4) is 0 Å². The third-order valence-corrected chi connectivity index (χ3v) is 3.53. The van der Waals surface area contributed by atoms with Crippen molar-refractivity contribution in [1.29, 1.82) is 0 Å². The molecular formula is C15H14FNO3. The molecule has 0 saturated carbocycles. The third-order valence-electron chi connectivity index (χ3n) is 3.53. The van der Waals surface area contributed by atoms with E-state index >= 15 is 0 Å². The molecule has 1 N–H and O–H groups in total. The van der Waals surface area contributed by atoms with Gasteiger partial charge >= 0.3 is 0 Å². The Morgan fingerprint density at radius 2 is 2.05 bits per heavy atom. The van der Waals surface area contributed by atoms with Crippen LogP contribution in [0.4, 0.5) is 4.39 Å². The number of β-amino-alcohol motifs (C(OH)–C–C–N with tert-alkyl or cyclic N) is 1. The van der Waals surface area contributed by atoms with Crippen LogP contribution in [0.2, 0.25) is 0 Å². The van der Waals surface area contributed by atoms with Crippen LogP contribution in [0.25, 0.3) is 0 Å². The quantitative estimate of drug-likeness (QED) is 0.915. The molecule has 104 valence electrons. The average Bonchev–Trinajstić information content (AvgIpc) is 3.08. The minimum absolute atomic E-state index is 0.242. The number of hydrogen-bond acceptors (Lipinski definition) is 3. The number of carbonyl (C=O) groups excluding carboxylic acids is 1. The fourth-order valence-electron chi connectivity index (χ4n) is 2.58. The second kappa shape index (κ2) is 5.09. The van der Waals surface area contributed by atoms with Crippen molar-refractivity contribution in [3.8, 4) is 0 Å². The van der Waals surface area contributed by atoms with Gasteiger partial charge in [-0.1, -0.05) is 12.1 Å². The zero-order chi connectivity index (χ0) is 14.1. The van der Waals surface area contributed by atoms with Crippen LogP contribution in [-0.2, 0) is 0 Å². The molecule has 2 heterocycles. The normalized spacial score (nSPS) is 22.2. The molecule has 1 aromatic carbocycles. The van der Waals surface area contributed by atoms with Gasteiger partial charge in [-0.05, 0) is 36.2 Å². The van der Waals surface area contributed by atoms with E-state index in [1.54, 1.807) is 29.2 Å². The van der Waals surface area contributed by atoms with E-state index < -0.39 is 6.10 Å². The highest BCUT2D eigenvalue weighted by Gasteiger charge is 2.36. The summed E-state index contributed by atoms with van der Waals surface area (Å²) < 4.78 is 18.1. The summed E-state index contributed by atoms with van der Waals surface area (Å²) in [5, 5.41) is 9.83. The van der Waals surface area contributed by atoms with Crippen LogP contribution >= 0.6 is 0 Å². The molecule has 1 fully saturated rings. The Balaban J connectivity index is 1.89. The minimum Gasteiger partial charge on any atom is -0.459 e. The molecule has 5 heteroatoms. The molecule has 1 aliphatic heterocycles. The van der Waals surface area contributed by atoms with Gasteiger partial charge in [0.1, 0.15) is 5.82 Å². The molecular weight excluding hydrogens is 261 g/mol. The fourth-order valence-corrected chi connectivity index (χ4v) is 2.58. The number of benzene rings is 1. The summed E-state index contributed by atoms with van der Waals surface area (Å²) in [5.41, 5.74) is 0.808. The van der Waals surface area contributed by atoms with E-state index in [9.17, 15) is 14.3 Å². The van der Waals surface area contributed by atoms with Crippen LogP contribution in [0, 0.1) is 5.82 Å². The highest BCUT2D eigenvalue weighted by molar-refractivity contribution is 5.92. The first-order valence-corrected chi connectivity index (χ1v) is 6.43. The van der Waals surface area contributed by atoms with Gasteiger partial charge < -0.3 is 14.4 Å². The average molecular weight is 275 g/mol. The van der Waals surface area contributed by atoms with Crippen molar-refractivity contribution in [3.05, 3.63) is 59.8 Å². The number of halogens is 1. The van der Waals surface area contributed by atoms with Crippen molar-refractivity contribution in [2.24, 2.45) is 0 Å². The monoisotopic (exact) mass is 275 g/mol. The van der Waals surface area contributed by atoms with E-state index in [-0.39, 0.29) is 30.1 Å². The predicted octanol–water partition coefficient (Wildman–Crippen LogP) is 2.37. The van der Waals surface area contributed by atoms with Crippen molar-refractivity contribution in [2.45, 2.75) is 18.6 Å². The second-order valence-corrected chi connectivity index (χ2v) is 4.89. The van der Waals surface area contributed by atoms with Gasteiger partial charge in [0, 0.05) is 6.54 Å². The number of aliphatic hydroxyl groups excluding tert-OH is 1. The van der Waals surface area contributed by atoms with Gasteiger partial charge in [-0.25, -0.2) is 4.39 Å². The van der Waals surface area contributed by atoms with Crippen LogP contribution < -0.4 is 0 Å². The molecule has 2 aromatic rings. The number of amides is 1. The molecule has 0 bridgehead atoms. The topological polar surface area (TPSA) is 53.7 Å². The fraction of sp³-hybridized carbons (Fsp3) is 0.267. The minimum atomic E-state index is -0.580. The molecule has 3 rings (SSSR count). The van der Waals surface area contributed by atoms with E-state index in [2.05, 4.69) is 0 Å². The summed E-state index contributed by atoms with van der Waals surface area (Å²) in [6.07, 6.45) is 1.30. The van der Waals surface area contributed by atoms with Gasteiger partial charge in [-0.3, -0.25) is 4.79 Å². The molecule has 2 atom stereocenters. The third kappa shape index (κ3) is 2.32. The zero-order valence-electron chi connectivity index (χ0n) is 10.7. The van der Waals surface area contributed by atoms with Gasteiger partial charge in [0.25, 0.3) is 5.91 Å². The standard InChI is InChI=1S/C15H14FNO3/c16-11-5-3-10(4-6-11)13-8-12(18)9-17(13)15(19)14-2-1-7-20-14/h1-7,12-13,18H,8-9H2/t12-,13-/m1/s1. The van der Waals surface area contributed by atoms with Crippen LogP contribution in [0.1, 0.15) is 28.6 Å². The van der Waals surface area contributed by atoms with Gasteiger partial charge in [0.15, 0.2) is 5.76 Å². The molecule has 20 heavy (non-hydrogen) atoms. The number of likely N-dealkylation sites (tertiary alicyclic amines) is 1. The van der Waals surface area contributed by atoms with Crippen LogP contribution in [0.5, 0.6) is 0 Å². The summed E-state index contributed by atoms with van der Waals surface area (Å²) in [6, 6.07) is 8.97. The van der Waals surface area contributed by atoms with Gasteiger partial charge in [0.2, 0.25) is 0 Å². The molecule has 1 aromatic heterocycles. The van der Waals surface area contributed by atoms with E-state index in [1.165, 1.54) is 18.4 Å². The lowest BCUT2D eigenvalue weighted by Crippen LogP contribution is -2.31. The summed E-state index contributed by atoms with van der Waals surface area (Å²) in [7, 11) is 0. The lowest BCUT2D eigenvalue weighted by atomic mass is 10.0. The maximum absolute atomic E-state index is 13.0. The lowest BCUT2D eigenvalue weighted by Gasteiger charge is -2.23. The number of rotatable bonds is 2. The highest BCUT2D eigenvalue weighted by Crippen LogP contribution is 2.33. The smallest absolute Gasteiger partial charge is 0.290 e. The molecule has 0 aliphatic carbocycles. The summed E-state index contributed by atoms with van der Waals surface area (Å²) in [4.78, 5) is 13.9. The first-order chi connectivity index (χ1) is 9.65. The van der Waals surface area contributed by atoms with E-state index in [4.69, 9.17) is 4.42 Å². The summed E-state index contributed by atoms with van der Waals surface area (Å²) in [6.45, 7) is 0.252. The molecule has 1 aliphatic rings. The molecule has 0 spiro atoms. The van der Waals surface area contributed by atoms with Gasteiger partial charge in [-0.2, -0.15) is 0 Å². The van der Waals surface area contributed by atoms with Crippen LogP contribution in [0.15, 0.2) is 47.1 Å². The van der Waals surface area contributed by atoms with Crippen molar-refractivity contribution >= 4 is 5.91 Å². The largest absolute Gasteiger partial charge is 0.459 e. The first kappa shape index (κ1) is 12.9. The molecule has 1 amide bonds. The second-order valence-electron chi connectivity index (χ2n) is 4.89. The number of aliphatic hydroxyl groups is 1. The lowest BCUT2D eigenvalue weighted by molar-refractivity contribution is 0.0683.